The van der Waals surface area contributed by atoms with Gasteiger partial charge in [0, 0.05) is 12.2 Å². The summed E-state index contributed by atoms with van der Waals surface area (Å²) in [6.07, 6.45) is 1.02. The van der Waals surface area contributed by atoms with E-state index in [0.29, 0.717) is 25.1 Å². The Labute approximate surface area is 133 Å². The first-order valence-corrected chi connectivity index (χ1v) is 7.49. The molecule has 4 nitrogen and oxygen atoms in total. The topological polar surface area (TPSA) is 58.2 Å². The van der Waals surface area contributed by atoms with Gasteiger partial charge in [-0.15, -0.1) is 0 Å². The minimum atomic E-state index is -1.03. The van der Waals surface area contributed by atoms with Gasteiger partial charge in [-0.05, 0) is 36.6 Å². The van der Waals surface area contributed by atoms with E-state index in [4.69, 9.17) is 0 Å². The summed E-state index contributed by atoms with van der Waals surface area (Å²) in [6.45, 7) is 0.384. The van der Waals surface area contributed by atoms with Gasteiger partial charge in [-0.3, -0.25) is 9.59 Å². The fraction of sp³-hybridized carbons (Fsp3) is 0.222. The highest BCUT2D eigenvalue weighted by atomic mass is 19.1. The maximum Gasteiger partial charge on any atom is 0.240 e. The molecular formula is C18H17FN2O2. The van der Waals surface area contributed by atoms with Crippen LogP contribution in [0.1, 0.15) is 18.4 Å². The van der Waals surface area contributed by atoms with Crippen LogP contribution in [0.15, 0.2) is 54.6 Å². The van der Waals surface area contributed by atoms with Gasteiger partial charge in [-0.25, -0.2) is 4.39 Å². The molecule has 0 spiro atoms. The molecule has 1 aliphatic rings. The maximum absolute atomic E-state index is 13.2. The zero-order valence-corrected chi connectivity index (χ0v) is 12.5. The fourth-order valence-electron chi connectivity index (χ4n) is 2.45. The summed E-state index contributed by atoms with van der Waals surface area (Å²) < 4.78 is 13.2. The lowest BCUT2D eigenvalue weighted by Crippen LogP contribution is -2.39. The number of anilines is 1. The van der Waals surface area contributed by atoms with Crippen molar-refractivity contribution in [2.75, 3.05) is 5.32 Å². The zero-order valence-electron chi connectivity index (χ0n) is 12.5. The van der Waals surface area contributed by atoms with Gasteiger partial charge < -0.3 is 10.6 Å². The molecule has 0 saturated heterocycles. The zero-order chi connectivity index (χ0) is 16.3. The molecule has 0 aliphatic heterocycles. The van der Waals surface area contributed by atoms with Gasteiger partial charge >= 0.3 is 0 Å². The van der Waals surface area contributed by atoms with E-state index in [-0.39, 0.29) is 11.8 Å². The Morgan fingerprint density at radius 3 is 2.39 bits per heavy atom. The maximum atomic E-state index is 13.2. The highest BCUT2D eigenvalue weighted by Crippen LogP contribution is 2.46. The summed E-state index contributed by atoms with van der Waals surface area (Å²) in [6, 6.07) is 15.2. The Bertz CT molecular complexity index is 727. The van der Waals surface area contributed by atoms with E-state index in [1.54, 1.807) is 6.07 Å². The second-order valence-electron chi connectivity index (χ2n) is 5.71. The van der Waals surface area contributed by atoms with E-state index in [0.717, 1.165) is 5.56 Å². The molecule has 1 saturated carbocycles. The third-order valence-electron chi connectivity index (χ3n) is 4.00. The average molecular weight is 312 g/mol. The molecule has 3 rings (SSSR count). The molecule has 1 aliphatic carbocycles. The molecule has 2 N–H and O–H groups in total. The summed E-state index contributed by atoms with van der Waals surface area (Å²) in [5.74, 6) is -1.09. The molecule has 0 unspecified atom stereocenters. The lowest BCUT2D eigenvalue weighted by Gasteiger charge is -2.15. The van der Waals surface area contributed by atoms with Gasteiger partial charge in [0.05, 0.1) is 0 Å². The molecule has 0 bridgehead atoms. The van der Waals surface area contributed by atoms with Crippen LogP contribution >= 0.6 is 0 Å². The summed E-state index contributed by atoms with van der Waals surface area (Å²) in [5.41, 5.74) is 0.306. The predicted octanol–water partition coefficient (Wildman–Crippen LogP) is 2.86. The highest BCUT2D eigenvalue weighted by Gasteiger charge is 2.56. The molecule has 0 radical (unpaired) electrons. The van der Waals surface area contributed by atoms with Crippen LogP contribution in [0.4, 0.5) is 10.1 Å². The van der Waals surface area contributed by atoms with Crippen LogP contribution in [0.5, 0.6) is 0 Å². The fourth-order valence-corrected chi connectivity index (χ4v) is 2.45. The first kappa shape index (κ1) is 15.2. The Morgan fingerprint density at radius 1 is 1.00 bits per heavy atom. The van der Waals surface area contributed by atoms with Crippen LogP contribution in [-0.4, -0.2) is 11.8 Å². The standard InChI is InChI=1S/C18H17FN2O2/c19-14-7-4-8-15(11-14)21-17(23)18(9-10-18)16(22)20-12-13-5-2-1-3-6-13/h1-8,11H,9-10,12H2,(H,20,22)(H,21,23). The van der Waals surface area contributed by atoms with Crippen LogP contribution in [0.3, 0.4) is 0 Å². The first-order valence-electron chi connectivity index (χ1n) is 7.49. The number of nitrogens with one attached hydrogen (secondary N) is 2. The molecule has 0 aromatic heterocycles. The summed E-state index contributed by atoms with van der Waals surface area (Å²) >= 11 is 0. The molecule has 2 aromatic rings. The Morgan fingerprint density at radius 2 is 1.74 bits per heavy atom. The number of hydrogen-bond acceptors (Lipinski definition) is 2. The summed E-state index contributed by atoms with van der Waals surface area (Å²) in [5, 5.41) is 5.43. The van der Waals surface area contributed by atoms with Gasteiger partial charge in [0.15, 0.2) is 0 Å². The van der Waals surface area contributed by atoms with Crippen molar-refractivity contribution in [3.63, 3.8) is 0 Å². The number of amides is 2. The molecule has 5 heteroatoms. The Balaban J connectivity index is 1.62. The molecule has 0 heterocycles. The van der Waals surface area contributed by atoms with E-state index in [9.17, 15) is 14.0 Å². The molecule has 0 atom stereocenters. The second-order valence-corrected chi connectivity index (χ2v) is 5.71. The van der Waals surface area contributed by atoms with Crippen molar-refractivity contribution >= 4 is 17.5 Å². The van der Waals surface area contributed by atoms with Gasteiger partial charge in [0.1, 0.15) is 11.2 Å². The van der Waals surface area contributed by atoms with E-state index < -0.39 is 11.2 Å². The van der Waals surface area contributed by atoms with Gasteiger partial charge in [0.2, 0.25) is 11.8 Å². The number of halogens is 1. The largest absolute Gasteiger partial charge is 0.351 e. The van der Waals surface area contributed by atoms with Crippen molar-refractivity contribution in [2.45, 2.75) is 19.4 Å². The van der Waals surface area contributed by atoms with Crippen molar-refractivity contribution in [2.24, 2.45) is 5.41 Å². The minimum absolute atomic E-state index is 0.282. The SMILES string of the molecule is O=C(NCc1ccccc1)C1(C(=O)Nc2cccc(F)c2)CC1. The van der Waals surface area contributed by atoms with Crippen LogP contribution in [0.25, 0.3) is 0 Å². The summed E-state index contributed by atoms with van der Waals surface area (Å²) in [4.78, 5) is 24.7. The van der Waals surface area contributed by atoms with E-state index in [2.05, 4.69) is 10.6 Å². The van der Waals surface area contributed by atoms with Crippen LogP contribution in [-0.2, 0) is 16.1 Å². The number of carbonyl (C=O) groups is 2. The Kier molecular flexibility index (Phi) is 4.10. The Hall–Kier alpha value is -2.69. The van der Waals surface area contributed by atoms with Crippen molar-refractivity contribution in [3.8, 4) is 0 Å². The molecule has 118 valence electrons. The van der Waals surface area contributed by atoms with Crippen molar-refractivity contribution in [3.05, 3.63) is 66.0 Å². The van der Waals surface area contributed by atoms with Crippen molar-refractivity contribution < 1.29 is 14.0 Å². The normalized spacial score (nSPS) is 14.8. The smallest absolute Gasteiger partial charge is 0.240 e. The van der Waals surface area contributed by atoms with Crippen molar-refractivity contribution in [1.29, 1.82) is 0 Å². The average Bonchev–Trinajstić information content (AvgIpc) is 3.35. The van der Waals surface area contributed by atoms with E-state index in [1.165, 1.54) is 18.2 Å². The second kappa shape index (κ2) is 6.20. The number of rotatable bonds is 5. The van der Waals surface area contributed by atoms with Crippen molar-refractivity contribution in [1.82, 2.24) is 5.32 Å². The number of carbonyl (C=O) groups excluding carboxylic acids is 2. The summed E-state index contributed by atoms with van der Waals surface area (Å²) in [7, 11) is 0. The third kappa shape index (κ3) is 3.39. The molecule has 2 aromatic carbocycles. The molecule has 1 fully saturated rings. The van der Waals surface area contributed by atoms with E-state index in [1.807, 2.05) is 30.3 Å². The van der Waals surface area contributed by atoms with Gasteiger partial charge in [-0.1, -0.05) is 36.4 Å². The quantitative estimate of drug-likeness (QED) is 0.834. The third-order valence-corrected chi connectivity index (χ3v) is 4.00. The van der Waals surface area contributed by atoms with E-state index >= 15 is 0 Å². The monoisotopic (exact) mass is 312 g/mol. The number of benzene rings is 2. The highest BCUT2D eigenvalue weighted by molar-refractivity contribution is 6.13. The first-order chi connectivity index (χ1) is 11.1. The lowest BCUT2D eigenvalue weighted by atomic mass is 10.0. The lowest BCUT2D eigenvalue weighted by molar-refractivity contribution is -0.134. The van der Waals surface area contributed by atoms with Gasteiger partial charge in [0.25, 0.3) is 0 Å². The molecule has 23 heavy (non-hydrogen) atoms. The van der Waals surface area contributed by atoms with Crippen LogP contribution in [0, 0.1) is 11.2 Å². The van der Waals surface area contributed by atoms with Gasteiger partial charge in [-0.2, -0.15) is 0 Å². The predicted molar refractivity (Wildman–Crippen MR) is 85.0 cm³/mol. The number of hydrogen-bond donors (Lipinski definition) is 2. The molecular weight excluding hydrogens is 295 g/mol. The van der Waals surface area contributed by atoms with Crippen LogP contribution < -0.4 is 10.6 Å². The van der Waals surface area contributed by atoms with Crippen LogP contribution in [0.2, 0.25) is 0 Å². The molecule has 2 amide bonds. The minimum Gasteiger partial charge on any atom is -0.351 e.